The zero-order chi connectivity index (χ0) is 20.2. The molecule has 4 rings (SSSR count). The number of nitrogens with zero attached hydrogens (tertiary/aromatic N) is 4. The highest BCUT2D eigenvalue weighted by Gasteiger charge is 2.12. The van der Waals surface area contributed by atoms with E-state index in [-0.39, 0.29) is 0 Å². The number of benzene rings is 2. The molecular formula is C23H25N5O. The van der Waals surface area contributed by atoms with Crippen molar-refractivity contribution in [1.82, 2.24) is 19.6 Å². The summed E-state index contributed by atoms with van der Waals surface area (Å²) >= 11 is 0. The Morgan fingerprint density at radius 3 is 2.69 bits per heavy atom. The molecule has 0 amide bonds. The van der Waals surface area contributed by atoms with Crippen LogP contribution in [0.3, 0.4) is 0 Å². The van der Waals surface area contributed by atoms with E-state index < -0.39 is 0 Å². The molecule has 0 fully saturated rings. The lowest BCUT2D eigenvalue weighted by Gasteiger charge is -2.07. The van der Waals surface area contributed by atoms with Crippen LogP contribution in [0, 0.1) is 13.8 Å². The predicted molar refractivity (Wildman–Crippen MR) is 114 cm³/mol. The Kier molecular flexibility index (Phi) is 5.53. The molecule has 0 saturated carbocycles. The number of hydrogen-bond acceptors (Lipinski definition) is 5. The van der Waals surface area contributed by atoms with Crippen LogP contribution in [0.4, 0.5) is 0 Å². The van der Waals surface area contributed by atoms with Crippen LogP contribution in [0.15, 0.2) is 54.9 Å². The largest absolute Gasteiger partial charge is 0.494 e. The average Bonchev–Trinajstić information content (AvgIpc) is 3.10. The second-order valence-corrected chi connectivity index (χ2v) is 7.26. The van der Waals surface area contributed by atoms with E-state index in [0.717, 1.165) is 34.9 Å². The minimum Gasteiger partial charge on any atom is -0.494 e. The van der Waals surface area contributed by atoms with E-state index >= 15 is 0 Å². The van der Waals surface area contributed by atoms with Gasteiger partial charge in [-0.2, -0.15) is 5.10 Å². The molecule has 0 saturated heterocycles. The van der Waals surface area contributed by atoms with Gasteiger partial charge >= 0.3 is 0 Å². The van der Waals surface area contributed by atoms with Crippen LogP contribution in [0.2, 0.25) is 0 Å². The summed E-state index contributed by atoms with van der Waals surface area (Å²) in [5.74, 6) is 1.58. The third-order valence-corrected chi connectivity index (χ3v) is 4.67. The number of nitrogens with two attached hydrogens (primary N) is 1. The Hall–Kier alpha value is -3.25. The fourth-order valence-corrected chi connectivity index (χ4v) is 3.50. The van der Waals surface area contributed by atoms with Gasteiger partial charge < -0.3 is 10.5 Å². The van der Waals surface area contributed by atoms with E-state index in [9.17, 15) is 0 Å². The molecule has 4 aromatic rings. The third-order valence-electron chi connectivity index (χ3n) is 4.67. The van der Waals surface area contributed by atoms with Crippen molar-refractivity contribution < 1.29 is 4.74 Å². The quantitative estimate of drug-likeness (QED) is 0.489. The fraction of sp³-hybridized carbons (Fsp3) is 0.261. The summed E-state index contributed by atoms with van der Waals surface area (Å²) in [6.07, 6.45) is 5.09. The lowest BCUT2D eigenvalue weighted by Crippen LogP contribution is -2.06. The van der Waals surface area contributed by atoms with Gasteiger partial charge in [0.1, 0.15) is 11.4 Å². The van der Waals surface area contributed by atoms with Gasteiger partial charge in [-0.05, 0) is 44.5 Å². The predicted octanol–water partition coefficient (Wildman–Crippen LogP) is 3.73. The molecule has 2 heterocycles. The molecule has 2 aromatic heterocycles. The molecule has 6 heteroatoms. The molecule has 0 aliphatic carbocycles. The molecule has 2 aromatic carbocycles. The SMILES string of the molecule is Cc1cc(C)cc(Cc2nc3c(-c4cccc(OCCCN)c4)nccn3n2)c1. The first-order valence-corrected chi connectivity index (χ1v) is 9.83. The van der Waals surface area contributed by atoms with Crippen LogP contribution in [0.25, 0.3) is 16.9 Å². The van der Waals surface area contributed by atoms with Gasteiger partial charge in [-0.3, -0.25) is 4.98 Å². The Labute approximate surface area is 170 Å². The average molecular weight is 387 g/mol. The highest BCUT2D eigenvalue weighted by atomic mass is 16.5. The van der Waals surface area contributed by atoms with Crippen molar-refractivity contribution in [2.24, 2.45) is 5.73 Å². The number of aryl methyl sites for hydroxylation is 2. The summed E-state index contributed by atoms with van der Waals surface area (Å²) < 4.78 is 7.57. The van der Waals surface area contributed by atoms with Crippen molar-refractivity contribution >= 4 is 5.65 Å². The van der Waals surface area contributed by atoms with E-state index in [1.54, 1.807) is 10.7 Å². The summed E-state index contributed by atoms with van der Waals surface area (Å²) in [7, 11) is 0. The zero-order valence-electron chi connectivity index (χ0n) is 16.8. The van der Waals surface area contributed by atoms with Gasteiger partial charge in [0.05, 0.1) is 6.61 Å². The van der Waals surface area contributed by atoms with Crippen molar-refractivity contribution in [3.8, 4) is 17.0 Å². The molecule has 0 bridgehead atoms. The summed E-state index contributed by atoms with van der Waals surface area (Å²) in [6.45, 7) is 5.43. The van der Waals surface area contributed by atoms with Crippen LogP contribution in [-0.4, -0.2) is 32.7 Å². The standard InChI is InChI=1S/C23H25N5O/c1-16-11-17(2)13-18(12-16)14-21-26-23-22(25-8-9-28(23)27-21)19-5-3-6-20(15-19)29-10-4-7-24/h3,5-6,8-9,11-13,15H,4,7,10,14,24H2,1-2H3. The van der Waals surface area contributed by atoms with E-state index in [0.29, 0.717) is 19.6 Å². The monoisotopic (exact) mass is 387 g/mol. The van der Waals surface area contributed by atoms with Crippen molar-refractivity contribution in [1.29, 1.82) is 0 Å². The smallest absolute Gasteiger partial charge is 0.181 e. The topological polar surface area (TPSA) is 78.3 Å². The minimum atomic E-state index is 0.600. The molecule has 6 nitrogen and oxygen atoms in total. The molecular weight excluding hydrogens is 362 g/mol. The van der Waals surface area contributed by atoms with Crippen molar-refractivity contribution in [2.75, 3.05) is 13.2 Å². The molecule has 148 valence electrons. The zero-order valence-corrected chi connectivity index (χ0v) is 16.8. The molecule has 29 heavy (non-hydrogen) atoms. The molecule has 0 radical (unpaired) electrons. The number of rotatable bonds is 7. The van der Waals surface area contributed by atoms with Gasteiger partial charge in [-0.25, -0.2) is 9.50 Å². The maximum Gasteiger partial charge on any atom is 0.181 e. The molecule has 0 unspecified atom stereocenters. The highest BCUT2D eigenvalue weighted by Crippen LogP contribution is 2.25. The second-order valence-electron chi connectivity index (χ2n) is 7.26. The van der Waals surface area contributed by atoms with Gasteiger partial charge in [0.2, 0.25) is 0 Å². The van der Waals surface area contributed by atoms with Crippen LogP contribution < -0.4 is 10.5 Å². The molecule has 0 aliphatic rings. The van der Waals surface area contributed by atoms with E-state index in [1.807, 2.05) is 30.5 Å². The van der Waals surface area contributed by atoms with Crippen LogP contribution >= 0.6 is 0 Å². The summed E-state index contributed by atoms with van der Waals surface area (Å²) in [6, 6.07) is 14.4. The van der Waals surface area contributed by atoms with E-state index in [2.05, 4.69) is 42.1 Å². The lowest BCUT2D eigenvalue weighted by molar-refractivity contribution is 0.313. The molecule has 0 atom stereocenters. The maximum absolute atomic E-state index is 5.78. The summed E-state index contributed by atoms with van der Waals surface area (Å²) in [4.78, 5) is 9.35. The third kappa shape index (κ3) is 4.43. The fourth-order valence-electron chi connectivity index (χ4n) is 3.50. The Bertz CT molecular complexity index is 1120. The normalized spacial score (nSPS) is 11.1. The molecule has 0 aliphatic heterocycles. The van der Waals surface area contributed by atoms with Crippen molar-refractivity contribution in [3.63, 3.8) is 0 Å². The molecule has 0 spiro atoms. The Balaban J connectivity index is 1.65. The van der Waals surface area contributed by atoms with Crippen LogP contribution in [-0.2, 0) is 6.42 Å². The van der Waals surface area contributed by atoms with E-state index in [1.165, 1.54) is 16.7 Å². The lowest BCUT2D eigenvalue weighted by atomic mass is 10.1. The van der Waals surface area contributed by atoms with Gasteiger partial charge in [-0.15, -0.1) is 0 Å². The number of ether oxygens (including phenoxy) is 1. The summed E-state index contributed by atoms with van der Waals surface area (Å²) in [5, 5.41) is 4.66. The minimum absolute atomic E-state index is 0.600. The van der Waals surface area contributed by atoms with Crippen molar-refractivity contribution in [3.05, 3.63) is 77.4 Å². The van der Waals surface area contributed by atoms with Gasteiger partial charge in [0, 0.05) is 24.4 Å². The number of aromatic nitrogens is 4. The van der Waals surface area contributed by atoms with Gasteiger partial charge in [0.25, 0.3) is 0 Å². The van der Waals surface area contributed by atoms with Crippen molar-refractivity contribution in [2.45, 2.75) is 26.7 Å². The van der Waals surface area contributed by atoms with Gasteiger partial charge in [0.15, 0.2) is 11.5 Å². The number of fused-ring (bicyclic) bond motifs is 1. The first kappa shape index (κ1) is 19.1. The van der Waals surface area contributed by atoms with Crippen LogP contribution in [0.5, 0.6) is 5.75 Å². The number of hydrogen-bond donors (Lipinski definition) is 1. The Morgan fingerprint density at radius 1 is 1.07 bits per heavy atom. The molecule has 2 N–H and O–H groups in total. The Morgan fingerprint density at radius 2 is 1.90 bits per heavy atom. The van der Waals surface area contributed by atoms with Gasteiger partial charge in [-0.1, -0.05) is 41.5 Å². The highest BCUT2D eigenvalue weighted by molar-refractivity contribution is 5.74. The maximum atomic E-state index is 5.78. The van der Waals surface area contributed by atoms with Crippen LogP contribution in [0.1, 0.15) is 28.9 Å². The first-order valence-electron chi connectivity index (χ1n) is 9.83. The summed E-state index contributed by atoms with van der Waals surface area (Å²) in [5.41, 5.74) is 11.7. The second kappa shape index (κ2) is 8.41. The first-order chi connectivity index (χ1) is 14.1. The van der Waals surface area contributed by atoms with E-state index in [4.69, 9.17) is 15.5 Å².